The van der Waals surface area contributed by atoms with Gasteiger partial charge in [-0.05, 0) is 43.7 Å². The maximum atomic E-state index is 13.3. The fourth-order valence-corrected chi connectivity index (χ4v) is 4.18. The molecule has 2 aromatic carbocycles. The second kappa shape index (κ2) is 8.32. The highest BCUT2D eigenvalue weighted by molar-refractivity contribution is 7.99. The minimum atomic E-state index is -0.224. The molecule has 0 N–H and O–H groups in total. The molecule has 0 amide bonds. The zero-order chi connectivity index (χ0) is 19.5. The van der Waals surface area contributed by atoms with Crippen LogP contribution in [-0.4, -0.2) is 41.1 Å². The van der Waals surface area contributed by atoms with Crippen LogP contribution in [0.15, 0.2) is 53.7 Å². The normalized spacial score (nSPS) is 15.6. The topological polar surface area (TPSA) is 43.2 Å². The van der Waals surface area contributed by atoms with Crippen LogP contribution in [0.5, 0.6) is 0 Å². The summed E-state index contributed by atoms with van der Waals surface area (Å²) in [5.41, 5.74) is 3.29. The van der Waals surface area contributed by atoms with E-state index in [0.717, 1.165) is 35.4 Å². The zero-order valence-corrected chi connectivity index (χ0v) is 16.8. The quantitative estimate of drug-likeness (QED) is 0.596. The Morgan fingerprint density at radius 2 is 1.68 bits per heavy atom. The van der Waals surface area contributed by atoms with Gasteiger partial charge in [0.15, 0.2) is 5.16 Å². The molecule has 1 saturated heterocycles. The summed E-state index contributed by atoms with van der Waals surface area (Å²) in [6, 6.07) is 15.0. The lowest BCUT2D eigenvalue weighted by Crippen LogP contribution is -2.37. The van der Waals surface area contributed by atoms with Gasteiger partial charge in [0, 0.05) is 18.3 Å². The van der Waals surface area contributed by atoms with Crippen LogP contribution < -0.4 is 4.90 Å². The summed E-state index contributed by atoms with van der Waals surface area (Å²) in [5, 5.41) is 9.93. The number of hydrogen-bond acceptors (Lipinski definition) is 5. The first kappa shape index (κ1) is 19.0. The Kier molecular flexibility index (Phi) is 5.64. The largest absolute Gasteiger partial charge is 0.378 e. The van der Waals surface area contributed by atoms with Crippen molar-refractivity contribution in [3.63, 3.8) is 0 Å². The van der Waals surface area contributed by atoms with Crippen LogP contribution in [0.3, 0.4) is 0 Å². The lowest BCUT2D eigenvalue weighted by atomic mass is 10.2. The number of ether oxygens (including phenoxy) is 1. The molecular weight excluding hydrogens is 375 g/mol. The van der Waals surface area contributed by atoms with E-state index in [9.17, 15) is 4.39 Å². The molecule has 0 aliphatic carbocycles. The molecule has 0 radical (unpaired) electrons. The number of rotatable bonds is 5. The SMILES string of the molecule is Cc1ccc(-n2c(SC(C)c3ccc(F)cc3)nnc2N2CCOCC2)cc1. The highest BCUT2D eigenvalue weighted by Gasteiger charge is 2.23. The van der Waals surface area contributed by atoms with E-state index in [0.29, 0.717) is 13.2 Å². The number of nitrogens with zero attached hydrogens (tertiary/aromatic N) is 4. The number of thioether (sulfide) groups is 1. The van der Waals surface area contributed by atoms with Gasteiger partial charge in [-0.3, -0.25) is 4.57 Å². The third-order valence-corrected chi connectivity index (χ3v) is 5.92. The monoisotopic (exact) mass is 398 g/mol. The highest BCUT2D eigenvalue weighted by Crippen LogP contribution is 2.36. The summed E-state index contributed by atoms with van der Waals surface area (Å²) in [6.07, 6.45) is 0. The lowest BCUT2D eigenvalue weighted by molar-refractivity contribution is 0.122. The van der Waals surface area contributed by atoms with Crippen LogP contribution in [0.4, 0.5) is 10.3 Å². The number of morpholine rings is 1. The van der Waals surface area contributed by atoms with Crippen molar-refractivity contribution in [2.75, 3.05) is 31.2 Å². The first-order valence-electron chi connectivity index (χ1n) is 9.39. The number of halogens is 1. The van der Waals surface area contributed by atoms with Crippen LogP contribution in [-0.2, 0) is 4.74 Å². The van der Waals surface area contributed by atoms with E-state index >= 15 is 0 Å². The number of aromatic nitrogens is 3. The van der Waals surface area contributed by atoms with Gasteiger partial charge in [0.2, 0.25) is 5.95 Å². The number of benzene rings is 2. The Balaban J connectivity index is 1.68. The number of hydrogen-bond donors (Lipinski definition) is 0. The van der Waals surface area contributed by atoms with Gasteiger partial charge in [-0.1, -0.05) is 41.6 Å². The third-order valence-electron chi connectivity index (χ3n) is 4.82. The van der Waals surface area contributed by atoms with Crippen LogP contribution in [0.25, 0.3) is 5.69 Å². The summed E-state index contributed by atoms with van der Waals surface area (Å²) < 4.78 is 20.8. The van der Waals surface area contributed by atoms with Crippen LogP contribution in [0.2, 0.25) is 0 Å². The maximum absolute atomic E-state index is 13.3. The van der Waals surface area contributed by atoms with Crippen molar-refractivity contribution in [2.24, 2.45) is 0 Å². The maximum Gasteiger partial charge on any atom is 0.232 e. The molecule has 1 aliphatic rings. The molecule has 1 aliphatic heterocycles. The average Bonchev–Trinajstić information content (AvgIpc) is 3.13. The van der Waals surface area contributed by atoms with Gasteiger partial charge in [-0.15, -0.1) is 10.2 Å². The van der Waals surface area contributed by atoms with Gasteiger partial charge in [0.1, 0.15) is 5.82 Å². The lowest BCUT2D eigenvalue weighted by Gasteiger charge is -2.28. The van der Waals surface area contributed by atoms with E-state index in [2.05, 4.69) is 57.8 Å². The molecule has 4 rings (SSSR count). The second-order valence-corrected chi connectivity index (χ2v) is 8.17. The molecule has 1 unspecified atom stereocenters. The standard InChI is InChI=1S/C21H23FN4OS/c1-15-3-9-19(10-4-15)26-20(25-11-13-27-14-12-25)23-24-21(26)28-16(2)17-5-7-18(22)8-6-17/h3-10,16H,11-14H2,1-2H3. The van der Waals surface area contributed by atoms with Crippen molar-refractivity contribution >= 4 is 17.7 Å². The molecule has 5 nitrogen and oxygen atoms in total. The van der Waals surface area contributed by atoms with E-state index in [-0.39, 0.29) is 11.1 Å². The molecule has 1 fully saturated rings. The van der Waals surface area contributed by atoms with Gasteiger partial charge < -0.3 is 9.64 Å². The molecule has 1 aromatic heterocycles. The van der Waals surface area contributed by atoms with Crippen molar-refractivity contribution in [2.45, 2.75) is 24.3 Å². The second-order valence-electron chi connectivity index (χ2n) is 6.86. The molecular formula is C21H23FN4OS. The van der Waals surface area contributed by atoms with Gasteiger partial charge in [0.25, 0.3) is 0 Å². The van der Waals surface area contributed by atoms with E-state index in [1.165, 1.54) is 17.7 Å². The molecule has 0 saturated carbocycles. The Bertz CT molecular complexity index is 921. The summed E-state index contributed by atoms with van der Waals surface area (Å²) >= 11 is 1.62. The summed E-state index contributed by atoms with van der Waals surface area (Å²) in [6.45, 7) is 7.14. The van der Waals surface area contributed by atoms with Crippen molar-refractivity contribution in [3.05, 3.63) is 65.5 Å². The van der Waals surface area contributed by atoms with Gasteiger partial charge in [0.05, 0.1) is 18.9 Å². The zero-order valence-electron chi connectivity index (χ0n) is 16.0. The Morgan fingerprint density at radius 1 is 1.00 bits per heavy atom. The molecule has 146 valence electrons. The van der Waals surface area contributed by atoms with Gasteiger partial charge in [-0.25, -0.2) is 4.39 Å². The first-order valence-corrected chi connectivity index (χ1v) is 10.3. The van der Waals surface area contributed by atoms with E-state index < -0.39 is 0 Å². The predicted octanol–water partition coefficient (Wildman–Crippen LogP) is 4.40. The van der Waals surface area contributed by atoms with Crippen molar-refractivity contribution in [1.29, 1.82) is 0 Å². The van der Waals surface area contributed by atoms with Crippen LogP contribution in [0, 0.1) is 12.7 Å². The Morgan fingerprint density at radius 3 is 2.36 bits per heavy atom. The Hall–Kier alpha value is -2.38. The van der Waals surface area contributed by atoms with Gasteiger partial charge in [-0.2, -0.15) is 0 Å². The van der Waals surface area contributed by atoms with E-state index in [1.807, 2.05) is 12.1 Å². The van der Waals surface area contributed by atoms with E-state index in [4.69, 9.17) is 4.74 Å². The van der Waals surface area contributed by atoms with Crippen LogP contribution >= 0.6 is 11.8 Å². The highest BCUT2D eigenvalue weighted by atomic mass is 32.2. The summed E-state index contributed by atoms with van der Waals surface area (Å²) in [5.74, 6) is 0.610. The summed E-state index contributed by atoms with van der Waals surface area (Å²) in [4.78, 5) is 2.21. The minimum Gasteiger partial charge on any atom is -0.378 e. The van der Waals surface area contributed by atoms with Crippen molar-refractivity contribution in [3.8, 4) is 5.69 Å². The summed E-state index contributed by atoms with van der Waals surface area (Å²) in [7, 11) is 0. The van der Waals surface area contributed by atoms with Gasteiger partial charge >= 0.3 is 0 Å². The molecule has 1 atom stereocenters. The molecule has 0 bridgehead atoms. The minimum absolute atomic E-state index is 0.117. The number of anilines is 1. The molecule has 0 spiro atoms. The first-order chi connectivity index (χ1) is 13.6. The molecule has 7 heteroatoms. The smallest absolute Gasteiger partial charge is 0.232 e. The third kappa shape index (κ3) is 4.05. The molecule has 3 aromatic rings. The van der Waals surface area contributed by atoms with Crippen molar-refractivity contribution in [1.82, 2.24) is 14.8 Å². The van der Waals surface area contributed by atoms with Crippen LogP contribution in [0.1, 0.15) is 23.3 Å². The predicted molar refractivity (Wildman–Crippen MR) is 110 cm³/mol. The fraction of sp³-hybridized carbons (Fsp3) is 0.333. The molecule has 2 heterocycles. The number of aryl methyl sites for hydroxylation is 1. The fourth-order valence-electron chi connectivity index (χ4n) is 3.19. The van der Waals surface area contributed by atoms with Crippen molar-refractivity contribution < 1.29 is 9.13 Å². The van der Waals surface area contributed by atoms with E-state index in [1.54, 1.807) is 11.8 Å². The molecule has 28 heavy (non-hydrogen) atoms. The average molecular weight is 399 g/mol. The Labute approximate surface area is 168 Å².